The van der Waals surface area contributed by atoms with E-state index in [1.54, 1.807) is 0 Å². The van der Waals surface area contributed by atoms with Crippen molar-refractivity contribution in [3.63, 3.8) is 0 Å². The van der Waals surface area contributed by atoms with E-state index < -0.39 is 41.0 Å². The van der Waals surface area contributed by atoms with Gasteiger partial charge in [-0.25, -0.2) is 0 Å². The molecule has 0 heterocycles. The molecule has 0 saturated carbocycles. The van der Waals surface area contributed by atoms with Gasteiger partial charge in [-0.15, -0.1) is 0 Å². The van der Waals surface area contributed by atoms with Gasteiger partial charge in [-0.2, -0.15) is 0 Å². The topological polar surface area (TPSA) is 136 Å². The minimum atomic E-state index is -1.72. The molecule has 7 nitrogen and oxygen atoms in total. The highest BCUT2D eigenvalue weighted by molar-refractivity contribution is 6.74. The first-order chi connectivity index (χ1) is 7.10. The third-order valence-electron chi connectivity index (χ3n) is 1.40. The lowest BCUT2D eigenvalue weighted by atomic mass is 10.1. The molecule has 7 N–H and O–H groups in total. The van der Waals surface area contributed by atoms with Crippen LogP contribution >= 0.6 is 0 Å². The fraction of sp³-hybridized carbons (Fsp3) is 1.00. The van der Waals surface area contributed by atoms with Gasteiger partial charge in [0.2, 0.25) is 0 Å². The Hall–Kier alpha value is 0.00182. The normalized spacial score (nSPS) is 11.8. The second-order valence-corrected chi connectivity index (χ2v) is 8.85. The minimum absolute atomic E-state index is 0.403. The molecule has 0 aromatic heterocycles. The molecule has 0 aliphatic rings. The molecule has 98 valence electrons. The van der Waals surface area contributed by atoms with E-state index in [0.717, 1.165) is 0 Å². The van der Waals surface area contributed by atoms with Crippen LogP contribution in [-0.4, -0.2) is 66.4 Å². The molecule has 0 fully saturated rings. The SMILES string of the molecule is C[Si](C)(C)OB(O)O.NC(CO)(CO)CO. The summed E-state index contributed by atoms with van der Waals surface area (Å²) in [5.74, 6) is 0. The van der Waals surface area contributed by atoms with Crippen molar-refractivity contribution in [2.45, 2.75) is 25.2 Å². The van der Waals surface area contributed by atoms with Crippen LogP contribution in [0.2, 0.25) is 19.6 Å². The van der Waals surface area contributed by atoms with Crippen LogP contribution in [0, 0.1) is 0 Å². The van der Waals surface area contributed by atoms with Crippen molar-refractivity contribution in [2.24, 2.45) is 5.73 Å². The Kier molecular flexibility index (Phi) is 9.35. The first-order valence-electron chi connectivity index (χ1n) is 4.75. The number of nitrogens with two attached hydrogens (primary N) is 1. The van der Waals surface area contributed by atoms with Crippen molar-refractivity contribution >= 4 is 15.6 Å². The largest absolute Gasteiger partial charge is 0.622 e. The first-order valence-corrected chi connectivity index (χ1v) is 8.16. The van der Waals surface area contributed by atoms with Crippen molar-refractivity contribution in [2.75, 3.05) is 19.8 Å². The lowest BCUT2D eigenvalue weighted by Crippen LogP contribution is -2.50. The molecule has 0 aliphatic carbocycles. The van der Waals surface area contributed by atoms with Gasteiger partial charge in [-0.05, 0) is 19.6 Å². The lowest BCUT2D eigenvalue weighted by Gasteiger charge is -2.20. The highest BCUT2D eigenvalue weighted by Gasteiger charge is 2.21. The van der Waals surface area contributed by atoms with Crippen molar-refractivity contribution in [1.29, 1.82) is 0 Å². The monoisotopic (exact) mass is 255 g/mol. The van der Waals surface area contributed by atoms with Gasteiger partial charge >= 0.3 is 7.32 Å². The first kappa shape index (κ1) is 18.4. The van der Waals surface area contributed by atoms with Crippen LogP contribution in [0.5, 0.6) is 0 Å². The quantitative estimate of drug-likeness (QED) is 0.298. The van der Waals surface area contributed by atoms with Gasteiger partial charge in [-0.3, -0.25) is 0 Å². The lowest BCUT2D eigenvalue weighted by molar-refractivity contribution is 0.0697. The van der Waals surface area contributed by atoms with Gasteiger partial charge < -0.3 is 35.4 Å². The molecular formula is C7H22BNO6Si. The number of hydrogen-bond acceptors (Lipinski definition) is 7. The molecule has 0 aromatic carbocycles. The fourth-order valence-corrected chi connectivity index (χ4v) is 1.10. The van der Waals surface area contributed by atoms with Crippen molar-refractivity contribution in [1.82, 2.24) is 0 Å². The molecule has 0 aliphatic heterocycles. The molecule has 0 unspecified atom stereocenters. The molecule has 0 radical (unpaired) electrons. The molecule has 9 heteroatoms. The number of aliphatic hydroxyl groups is 3. The maximum atomic E-state index is 8.34. The second kappa shape index (κ2) is 8.15. The minimum Gasteiger partial charge on any atom is -0.429 e. The summed E-state index contributed by atoms with van der Waals surface area (Å²) in [5.41, 5.74) is 3.94. The summed E-state index contributed by atoms with van der Waals surface area (Å²) in [6, 6.07) is 0. The summed E-state index contributed by atoms with van der Waals surface area (Å²) in [6.45, 7) is 4.44. The van der Waals surface area contributed by atoms with E-state index in [1.165, 1.54) is 0 Å². The standard InChI is InChI=1S/C4H11NO3.C3H11BO3Si/c5-4(1-6,2-7)3-8;1-8(2,3)7-4(5)6/h6-8H,1-3,5H2;5-6H,1-3H3. The second-order valence-electron chi connectivity index (χ2n) is 4.39. The van der Waals surface area contributed by atoms with E-state index >= 15 is 0 Å². The molecule has 16 heavy (non-hydrogen) atoms. The Morgan fingerprint density at radius 2 is 1.38 bits per heavy atom. The van der Waals surface area contributed by atoms with Crippen LogP contribution in [0.4, 0.5) is 0 Å². The van der Waals surface area contributed by atoms with Gasteiger partial charge in [0.25, 0.3) is 0 Å². The molecule has 0 saturated heterocycles. The molecule has 0 aromatic rings. The third kappa shape index (κ3) is 12.1. The zero-order valence-electron chi connectivity index (χ0n) is 9.92. The Morgan fingerprint density at radius 3 is 1.38 bits per heavy atom. The fourth-order valence-electron chi connectivity index (χ4n) is 0.466. The molecule has 0 atom stereocenters. The highest BCUT2D eigenvalue weighted by Crippen LogP contribution is 2.01. The molecule has 0 spiro atoms. The third-order valence-corrected chi connectivity index (χ3v) is 2.32. The summed E-state index contributed by atoms with van der Waals surface area (Å²) in [4.78, 5) is 0. The van der Waals surface area contributed by atoms with E-state index in [9.17, 15) is 0 Å². The van der Waals surface area contributed by atoms with E-state index in [-0.39, 0.29) is 0 Å². The molecule has 0 rings (SSSR count). The highest BCUT2D eigenvalue weighted by atomic mass is 28.4. The van der Waals surface area contributed by atoms with Crippen molar-refractivity contribution in [3.05, 3.63) is 0 Å². The van der Waals surface area contributed by atoms with Crippen molar-refractivity contribution in [3.8, 4) is 0 Å². The smallest absolute Gasteiger partial charge is 0.429 e. The summed E-state index contributed by atoms with van der Waals surface area (Å²) < 4.78 is 4.69. The maximum absolute atomic E-state index is 8.34. The summed E-state index contributed by atoms with van der Waals surface area (Å²) in [5, 5.41) is 41.5. The zero-order chi connectivity index (χ0) is 13.4. The van der Waals surface area contributed by atoms with Gasteiger partial charge in [0.05, 0.1) is 25.4 Å². The van der Waals surface area contributed by atoms with Gasteiger partial charge in [-0.1, -0.05) is 0 Å². The van der Waals surface area contributed by atoms with Crippen LogP contribution in [0.15, 0.2) is 0 Å². The zero-order valence-corrected chi connectivity index (χ0v) is 10.9. The Balaban J connectivity index is 0. The molecular weight excluding hydrogens is 233 g/mol. The van der Waals surface area contributed by atoms with E-state index in [1.807, 2.05) is 19.6 Å². The Morgan fingerprint density at radius 1 is 1.06 bits per heavy atom. The summed E-state index contributed by atoms with van der Waals surface area (Å²) in [6.07, 6.45) is 0. The average Bonchev–Trinajstić information content (AvgIpc) is 2.14. The maximum Gasteiger partial charge on any atom is 0.622 e. The van der Waals surface area contributed by atoms with Gasteiger partial charge in [0, 0.05) is 0 Å². The van der Waals surface area contributed by atoms with Crippen LogP contribution < -0.4 is 5.73 Å². The predicted molar refractivity (Wildman–Crippen MR) is 62.8 cm³/mol. The van der Waals surface area contributed by atoms with Crippen LogP contribution in [0.3, 0.4) is 0 Å². The predicted octanol–water partition coefficient (Wildman–Crippen LogP) is -2.53. The summed E-state index contributed by atoms with van der Waals surface area (Å²) >= 11 is 0. The number of aliphatic hydroxyl groups excluding tert-OH is 3. The van der Waals surface area contributed by atoms with Crippen molar-refractivity contribution < 1.29 is 29.7 Å². The summed E-state index contributed by atoms with van der Waals surface area (Å²) in [7, 11) is -3.32. The Bertz CT molecular complexity index is 164. The van der Waals surface area contributed by atoms with Crippen LogP contribution in [-0.2, 0) is 4.34 Å². The molecule has 0 amide bonds. The van der Waals surface area contributed by atoms with Crippen LogP contribution in [0.1, 0.15) is 0 Å². The van der Waals surface area contributed by atoms with Gasteiger partial charge in [0.1, 0.15) is 0 Å². The van der Waals surface area contributed by atoms with E-state index in [2.05, 4.69) is 4.34 Å². The van der Waals surface area contributed by atoms with Crippen LogP contribution in [0.25, 0.3) is 0 Å². The average molecular weight is 255 g/mol. The molecule has 0 bridgehead atoms. The van der Waals surface area contributed by atoms with E-state index in [0.29, 0.717) is 0 Å². The Labute approximate surface area is 96.8 Å². The van der Waals surface area contributed by atoms with E-state index in [4.69, 9.17) is 31.1 Å². The number of hydrogen-bond donors (Lipinski definition) is 6. The number of rotatable bonds is 5. The van der Waals surface area contributed by atoms with Gasteiger partial charge in [0.15, 0.2) is 8.32 Å².